The van der Waals surface area contributed by atoms with Crippen molar-refractivity contribution in [3.8, 4) is 0 Å². The molecule has 1 aromatic heterocycles. The zero-order valence-corrected chi connectivity index (χ0v) is 14.7. The molecule has 0 radical (unpaired) electrons. The molecule has 0 saturated heterocycles. The summed E-state index contributed by atoms with van der Waals surface area (Å²) in [5.41, 5.74) is 11.3. The highest BCUT2D eigenvalue weighted by Crippen LogP contribution is 2.28. The van der Waals surface area contributed by atoms with E-state index in [2.05, 4.69) is 47.1 Å². The van der Waals surface area contributed by atoms with Gasteiger partial charge in [-0.15, -0.1) is 11.3 Å². The number of thiazole rings is 1. The van der Waals surface area contributed by atoms with Crippen molar-refractivity contribution in [3.05, 3.63) is 40.9 Å². The van der Waals surface area contributed by atoms with E-state index in [4.69, 9.17) is 11.6 Å². The Morgan fingerprint density at radius 2 is 1.91 bits per heavy atom. The Hall–Kier alpha value is -2.12. The third kappa shape index (κ3) is 4.43. The predicted molar refractivity (Wildman–Crippen MR) is 97.9 cm³/mol. The van der Waals surface area contributed by atoms with Crippen LogP contribution in [0, 0.1) is 0 Å². The van der Waals surface area contributed by atoms with Crippen LogP contribution in [-0.4, -0.2) is 10.8 Å². The minimum Gasteiger partial charge on any atom is -0.385 e. The van der Waals surface area contributed by atoms with Crippen LogP contribution >= 0.6 is 11.3 Å². The van der Waals surface area contributed by atoms with E-state index < -0.39 is 0 Å². The molecule has 6 nitrogen and oxygen atoms in total. The number of hydrogen-bond acceptors (Lipinski definition) is 6. The Labute approximate surface area is 141 Å². The molecule has 6 N–H and O–H groups in total. The van der Waals surface area contributed by atoms with Gasteiger partial charge in [-0.3, -0.25) is 0 Å². The first kappa shape index (κ1) is 17.2. The molecule has 0 unspecified atom stereocenters. The van der Waals surface area contributed by atoms with Crippen LogP contribution in [0.3, 0.4) is 0 Å². The largest absolute Gasteiger partial charge is 0.385 e. The molecular weight excluding hydrogens is 308 g/mol. The van der Waals surface area contributed by atoms with Crippen LogP contribution in [0.4, 0.5) is 10.8 Å². The zero-order valence-electron chi connectivity index (χ0n) is 13.9. The molecule has 0 bridgehead atoms. The van der Waals surface area contributed by atoms with Gasteiger partial charge in [-0.25, -0.2) is 16.4 Å². The maximum Gasteiger partial charge on any atom is 0.187 e. The molecule has 1 heterocycles. The maximum absolute atomic E-state index is 5.85. The highest BCUT2D eigenvalue weighted by atomic mass is 32.1. The molecule has 7 heteroatoms. The molecule has 0 saturated carbocycles. The minimum absolute atomic E-state index is 0.00699. The number of amidine groups is 1. The van der Waals surface area contributed by atoms with Crippen molar-refractivity contribution in [2.45, 2.75) is 39.0 Å². The highest BCUT2D eigenvalue weighted by Gasteiger charge is 2.17. The molecule has 1 atom stereocenters. The SMILES string of the molecule is C[C@@H](/C(N)=N/NN)c1ccc(Nc2nc(C(C)(C)C)cs2)cc1. The van der Waals surface area contributed by atoms with Crippen LogP contribution in [0.25, 0.3) is 0 Å². The van der Waals surface area contributed by atoms with Gasteiger partial charge in [0, 0.05) is 22.4 Å². The lowest BCUT2D eigenvalue weighted by Crippen LogP contribution is -2.26. The van der Waals surface area contributed by atoms with E-state index in [1.165, 1.54) is 0 Å². The molecule has 2 aromatic rings. The minimum atomic E-state index is -0.00699. The average Bonchev–Trinajstić information content (AvgIpc) is 2.96. The van der Waals surface area contributed by atoms with E-state index in [-0.39, 0.29) is 11.3 Å². The summed E-state index contributed by atoms with van der Waals surface area (Å²) >= 11 is 1.61. The van der Waals surface area contributed by atoms with E-state index >= 15 is 0 Å². The molecular formula is C16H24N6S. The average molecular weight is 332 g/mol. The van der Waals surface area contributed by atoms with E-state index in [1.54, 1.807) is 11.3 Å². The van der Waals surface area contributed by atoms with Crippen molar-refractivity contribution in [3.63, 3.8) is 0 Å². The Kier molecular flexibility index (Phi) is 5.23. The van der Waals surface area contributed by atoms with Crippen molar-refractivity contribution in [1.29, 1.82) is 0 Å². The Balaban J connectivity index is 2.08. The number of nitrogens with zero attached hydrogens (tertiary/aromatic N) is 2. The quantitative estimate of drug-likeness (QED) is 0.292. The Morgan fingerprint density at radius 3 is 2.43 bits per heavy atom. The van der Waals surface area contributed by atoms with E-state index in [0.717, 1.165) is 22.1 Å². The first-order valence-electron chi connectivity index (χ1n) is 7.43. The van der Waals surface area contributed by atoms with Gasteiger partial charge in [0.15, 0.2) is 5.13 Å². The lowest BCUT2D eigenvalue weighted by molar-refractivity contribution is 0.573. The second kappa shape index (κ2) is 6.97. The van der Waals surface area contributed by atoms with Crippen LogP contribution in [0.15, 0.2) is 34.7 Å². The van der Waals surface area contributed by atoms with Gasteiger partial charge >= 0.3 is 0 Å². The Morgan fingerprint density at radius 1 is 1.26 bits per heavy atom. The van der Waals surface area contributed by atoms with Gasteiger partial charge in [-0.05, 0) is 17.7 Å². The van der Waals surface area contributed by atoms with Gasteiger partial charge in [0.25, 0.3) is 0 Å². The topological polar surface area (TPSA) is 101 Å². The van der Waals surface area contributed by atoms with Crippen molar-refractivity contribution in [2.75, 3.05) is 5.32 Å². The van der Waals surface area contributed by atoms with E-state index in [0.29, 0.717) is 5.84 Å². The molecule has 1 aromatic carbocycles. The lowest BCUT2D eigenvalue weighted by Gasteiger charge is -2.14. The second-order valence-corrected chi connectivity index (χ2v) is 7.28. The number of rotatable bonds is 5. The van der Waals surface area contributed by atoms with Gasteiger partial charge in [0.05, 0.1) is 5.69 Å². The summed E-state index contributed by atoms with van der Waals surface area (Å²) in [7, 11) is 0. The molecule has 0 aliphatic carbocycles. The van der Waals surface area contributed by atoms with Crippen LogP contribution in [0.1, 0.15) is 44.9 Å². The van der Waals surface area contributed by atoms with E-state index in [1.807, 2.05) is 31.2 Å². The third-order valence-corrected chi connectivity index (χ3v) is 4.33. The zero-order chi connectivity index (χ0) is 17.0. The number of hydrazine groups is 1. The molecule has 0 aliphatic rings. The number of hydrazone groups is 1. The summed E-state index contributed by atoms with van der Waals surface area (Å²) < 4.78 is 0. The van der Waals surface area contributed by atoms with Gasteiger partial charge in [0.2, 0.25) is 0 Å². The highest BCUT2D eigenvalue weighted by molar-refractivity contribution is 7.13. The van der Waals surface area contributed by atoms with Crippen LogP contribution < -0.4 is 22.4 Å². The van der Waals surface area contributed by atoms with Gasteiger partial charge in [-0.2, -0.15) is 5.10 Å². The number of hydrogen-bond donors (Lipinski definition) is 4. The number of benzene rings is 1. The summed E-state index contributed by atoms with van der Waals surface area (Å²) in [6, 6.07) is 8.05. The fourth-order valence-electron chi connectivity index (χ4n) is 2.00. The monoisotopic (exact) mass is 332 g/mol. The summed E-state index contributed by atoms with van der Waals surface area (Å²) in [6.45, 7) is 8.45. The lowest BCUT2D eigenvalue weighted by atomic mass is 9.93. The molecule has 23 heavy (non-hydrogen) atoms. The predicted octanol–water partition coefficient (Wildman–Crippen LogP) is 3.02. The normalized spacial score (nSPS) is 13.7. The van der Waals surface area contributed by atoms with Crippen LogP contribution in [0.2, 0.25) is 0 Å². The third-order valence-electron chi connectivity index (χ3n) is 3.57. The summed E-state index contributed by atoms with van der Waals surface area (Å²) in [5, 5.41) is 10.1. The van der Waals surface area contributed by atoms with Crippen molar-refractivity contribution in [2.24, 2.45) is 16.7 Å². The first-order valence-corrected chi connectivity index (χ1v) is 8.31. The van der Waals surface area contributed by atoms with Crippen LogP contribution in [0.5, 0.6) is 0 Å². The first-order chi connectivity index (χ1) is 10.8. The van der Waals surface area contributed by atoms with Crippen molar-refractivity contribution >= 4 is 28.0 Å². The molecule has 2 rings (SSSR count). The fraction of sp³-hybridized carbons (Fsp3) is 0.375. The molecule has 0 spiro atoms. The van der Waals surface area contributed by atoms with Gasteiger partial charge < -0.3 is 11.1 Å². The number of nitrogens with one attached hydrogen (secondary N) is 2. The molecule has 0 fully saturated rings. The summed E-state index contributed by atoms with van der Waals surface area (Å²) in [6.07, 6.45) is 0. The smallest absolute Gasteiger partial charge is 0.187 e. The van der Waals surface area contributed by atoms with Gasteiger partial charge in [-0.1, -0.05) is 39.8 Å². The molecule has 0 amide bonds. The molecule has 0 aliphatic heterocycles. The van der Waals surface area contributed by atoms with E-state index in [9.17, 15) is 0 Å². The summed E-state index contributed by atoms with van der Waals surface area (Å²) in [5.74, 6) is 5.59. The maximum atomic E-state index is 5.85. The number of anilines is 2. The van der Waals surface area contributed by atoms with Crippen molar-refractivity contribution < 1.29 is 0 Å². The number of nitrogens with two attached hydrogens (primary N) is 2. The van der Waals surface area contributed by atoms with Crippen LogP contribution in [-0.2, 0) is 5.41 Å². The second-order valence-electron chi connectivity index (χ2n) is 6.42. The number of aromatic nitrogens is 1. The van der Waals surface area contributed by atoms with Gasteiger partial charge in [0.1, 0.15) is 5.84 Å². The molecule has 124 valence electrons. The summed E-state index contributed by atoms with van der Waals surface area (Å²) in [4.78, 5) is 4.63. The fourth-order valence-corrected chi connectivity index (χ4v) is 2.95. The standard InChI is InChI=1S/C16H24N6S/c1-10(14(17)21-22-18)11-5-7-12(8-6-11)19-15-20-13(9-23-15)16(2,3)4/h5-10,22H,18H2,1-4H3,(H2,17,21)(H,19,20)/t10-/m1/s1. The van der Waals surface area contributed by atoms with Crippen molar-refractivity contribution in [1.82, 2.24) is 10.5 Å². The Bertz CT molecular complexity index is 669.